The lowest BCUT2D eigenvalue weighted by atomic mass is 10.0. The number of ether oxygens (including phenoxy) is 1. The molecule has 0 unspecified atom stereocenters. The third kappa shape index (κ3) is 4.43. The second-order valence-electron chi connectivity index (χ2n) is 4.48. The van der Waals surface area contributed by atoms with Crippen LogP contribution in [0.3, 0.4) is 0 Å². The highest BCUT2D eigenvalue weighted by Crippen LogP contribution is 2.48. The first-order valence-corrected chi connectivity index (χ1v) is 6.11. The normalized spacial score (nSPS) is 18.4. The molecule has 14 heavy (non-hydrogen) atoms. The van der Waals surface area contributed by atoms with Crippen LogP contribution in [0, 0.1) is 5.41 Å². The van der Waals surface area contributed by atoms with E-state index in [0.29, 0.717) is 5.41 Å². The maximum Gasteiger partial charge on any atom is 0.0477 e. The van der Waals surface area contributed by atoms with Gasteiger partial charge < -0.3 is 10.1 Å². The van der Waals surface area contributed by atoms with Crippen LogP contribution in [-0.4, -0.2) is 26.3 Å². The zero-order chi connectivity index (χ0) is 10.3. The minimum atomic E-state index is 0.695. The standard InChI is InChI=1S/C12H25NO/c1-3-6-12(7-8-12)11-13-9-5-10-14-4-2/h13H,3-11H2,1-2H3. The summed E-state index contributed by atoms with van der Waals surface area (Å²) in [7, 11) is 0. The van der Waals surface area contributed by atoms with Gasteiger partial charge in [0, 0.05) is 19.8 Å². The van der Waals surface area contributed by atoms with Crippen LogP contribution in [0.25, 0.3) is 0 Å². The van der Waals surface area contributed by atoms with E-state index in [2.05, 4.69) is 12.2 Å². The first kappa shape index (κ1) is 12.0. The van der Waals surface area contributed by atoms with Crippen molar-refractivity contribution in [2.75, 3.05) is 26.3 Å². The summed E-state index contributed by atoms with van der Waals surface area (Å²) in [6, 6.07) is 0. The van der Waals surface area contributed by atoms with Gasteiger partial charge >= 0.3 is 0 Å². The predicted octanol–water partition coefficient (Wildman–Crippen LogP) is 2.58. The largest absolute Gasteiger partial charge is 0.382 e. The Morgan fingerprint density at radius 2 is 2.07 bits per heavy atom. The molecule has 0 aromatic rings. The first-order valence-electron chi connectivity index (χ1n) is 6.11. The first-order chi connectivity index (χ1) is 6.83. The molecular formula is C12H25NO. The Labute approximate surface area is 88.4 Å². The fourth-order valence-electron chi connectivity index (χ4n) is 2.02. The smallest absolute Gasteiger partial charge is 0.0477 e. The highest BCUT2D eigenvalue weighted by molar-refractivity contribution is 4.94. The Balaban J connectivity index is 1.88. The zero-order valence-corrected chi connectivity index (χ0v) is 9.77. The summed E-state index contributed by atoms with van der Waals surface area (Å²) < 4.78 is 5.29. The molecule has 1 N–H and O–H groups in total. The van der Waals surface area contributed by atoms with Gasteiger partial charge in [0.05, 0.1) is 0 Å². The number of hydrogen-bond donors (Lipinski definition) is 1. The number of nitrogens with one attached hydrogen (secondary N) is 1. The maximum absolute atomic E-state index is 5.29. The molecule has 1 saturated carbocycles. The predicted molar refractivity (Wildman–Crippen MR) is 60.6 cm³/mol. The number of rotatable bonds is 9. The van der Waals surface area contributed by atoms with Crippen LogP contribution < -0.4 is 5.32 Å². The maximum atomic E-state index is 5.29. The van der Waals surface area contributed by atoms with Crippen LogP contribution >= 0.6 is 0 Å². The summed E-state index contributed by atoms with van der Waals surface area (Å²) in [6.07, 6.45) is 6.78. The molecule has 1 aliphatic rings. The third-order valence-electron chi connectivity index (χ3n) is 3.08. The van der Waals surface area contributed by atoms with Crippen molar-refractivity contribution < 1.29 is 4.74 Å². The van der Waals surface area contributed by atoms with Gasteiger partial charge in [0.2, 0.25) is 0 Å². The van der Waals surface area contributed by atoms with E-state index in [4.69, 9.17) is 4.74 Å². The van der Waals surface area contributed by atoms with Gasteiger partial charge in [-0.05, 0) is 44.6 Å². The molecule has 1 rings (SSSR count). The molecule has 0 saturated heterocycles. The van der Waals surface area contributed by atoms with Crippen molar-refractivity contribution in [3.63, 3.8) is 0 Å². The van der Waals surface area contributed by atoms with E-state index >= 15 is 0 Å². The molecule has 0 aromatic heterocycles. The fraction of sp³-hybridized carbons (Fsp3) is 1.00. The second kappa shape index (κ2) is 6.41. The summed E-state index contributed by atoms with van der Waals surface area (Å²) >= 11 is 0. The van der Waals surface area contributed by atoms with E-state index in [1.807, 2.05) is 6.92 Å². The van der Waals surface area contributed by atoms with Crippen molar-refractivity contribution in [1.29, 1.82) is 0 Å². The molecule has 2 heteroatoms. The minimum Gasteiger partial charge on any atom is -0.382 e. The van der Waals surface area contributed by atoms with Gasteiger partial charge in [-0.15, -0.1) is 0 Å². The van der Waals surface area contributed by atoms with Gasteiger partial charge in [-0.3, -0.25) is 0 Å². The van der Waals surface area contributed by atoms with Gasteiger partial charge in [0.1, 0.15) is 0 Å². The molecule has 2 nitrogen and oxygen atoms in total. The summed E-state index contributed by atoms with van der Waals surface area (Å²) in [6.45, 7) is 8.44. The van der Waals surface area contributed by atoms with E-state index < -0.39 is 0 Å². The van der Waals surface area contributed by atoms with Crippen LogP contribution in [-0.2, 0) is 4.74 Å². The van der Waals surface area contributed by atoms with E-state index in [9.17, 15) is 0 Å². The summed E-state index contributed by atoms with van der Waals surface area (Å²) in [5.41, 5.74) is 0.695. The second-order valence-corrected chi connectivity index (χ2v) is 4.48. The average molecular weight is 199 g/mol. The molecular weight excluding hydrogens is 174 g/mol. The molecule has 0 aliphatic heterocycles. The molecule has 0 radical (unpaired) electrons. The zero-order valence-electron chi connectivity index (χ0n) is 9.77. The van der Waals surface area contributed by atoms with Gasteiger partial charge in [0.25, 0.3) is 0 Å². The molecule has 0 amide bonds. The SMILES string of the molecule is CCCC1(CNCCCOCC)CC1. The van der Waals surface area contributed by atoms with Crippen LogP contribution in [0.15, 0.2) is 0 Å². The van der Waals surface area contributed by atoms with Crippen molar-refractivity contribution in [2.45, 2.75) is 46.0 Å². The monoisotopic (exact) mass is 199 g/mol. The van der Waals surface area contributed by atoms with Gasteiger partial charge in [-0.1, -0.05) is 13.3 Å². The lowest BCUT2D eigenvalue weighted by Crippen LogP contribution is -2.25. The van der Waals surface area contributed by atoms with Crippen molar-refractivity contribution >= 4 is 0 Å². The van der Waals surface area contributed by atoms with Crippen LogP contribution in [0.2, 0.25) is 0 Å². The topological polar surface area (TPSA) is 21.3 Å². The quantitative estimate of drug-likeness (QED) is 0.576. The van der Waals surface area contributed by atoms with Crippen LogP contribution in [0.1, 0.15) is 46.0 Å². The molecule has 1 fully saturated rings. The van der Waals surface area contributed by atoms with E-state index in [1.54, 1.807) is 0 Å². The summed E-state index contributed by atoms with van der Waals surface area (Å²) in [5, 5.41) is 3.55. The van der Waals surface area contributed by atoms with Crippen LogP contribution in [0.4, 0.5) is 0 Å². The Bertz CT molecular complexity index is 143. The lowest BCUT2D eigenvalue weighted by Gasteiger charge is -2.14. The Morgan fingerprint density at radius 1 is 1.29 bits per heavy atom. The average Bonchev–Trinajstić information content (AvgIpc) is 2.93. The van der Waals surface area contributed by atoms with Gasteiger partial charge in [0.15, 0.2) is 0 Å². The minimum absolute atomic E-state index is 0.695. The Morgan fingerprint density at radius 3 is 2.64 bits per heavy atom. The summed E-state index contributed by atoms with van der Waals surface area (Å²) in [5.74, 6) is 0. The third-order valence-corrected chi connectivity index (χ3v) is 3.08. The highest BCUT2D eigenvalue weighted by atomic mass is 16.5. The lowest BCUT2D eigenvalue weighted by molar-refractivity contribution is 0.144. The molecule has 1 aliphatic carbocycles. The molecule has 0 aromatic carbocycles. The van der Waals surface area contributed by atoms with Crippen molar-refractivity contribution in [3.8, 4) is 0 Å². The molecule has 0 bridgehead atoms. The van der Waals surface area contributed by atoms with Crippen molar-refractivity contribution in [2.24, 2.45) is 5.41 Å². The molecule has 84 valence electrons. The van der Waals surface area contributed by atoms with E-state index in [0.717, 1.165) is 26.2 Å². The van der Waals surface area contributed by atoms with Gasteiger partial charge in [-0.25, -0.2) is 0 Å². The molecule has 0 spiro atoms. The van der Waals surface area contributed by atoms with Crippen LogP contribution in [0.5, 0.6) is 0 Å². The molecule has 0 heterocycles. The fourth-order valence-corrected chi connectivity index (χ4v) is 2.02. The summed E-state index contributed by atoms with van der Waals surface area (Å²) in [4.78, 5) is 0. The van der Waals surface area contributed by atoms with Gasteiger partial charge in [-0.2, -0.15) is 0 Å². The van der Waals surface area contributed by atoms with Crippen molar-refractivity contribution in [1.82, 2.24) is 5.32 Å². The van der Waals surface area contributed by atoms with E-state index in [-0.39, 0.29) is 0 Å². The Kier molecular flexibility index (Phi) is 5.49. The molecule has 0 atom stereocenters. The highest BCUT2D eigenvalue weighted by Gasteiger charge is 2.40. The number of hydrogen-bond acceptors (Lipinski definition) is 2. The Hall–Kier alpha value is -0.0800. The van der Waals surface area contributed by atoms with Crippen molar-refractivity contribution in [3.05, 3.63) is 0 Å². The van der Waals surface area contributed by atoms with E-state index in [1.165, 1.54) is 32.2 Å².